The fourth-order valence-corrected chi connectivity index (χ4v) is 2.45. The van der Waals surface area contributed by atoms with Gasteiger partial charge >= 0.3 is 5.97 Å². The summed E-state index contributed by atoms with van der Waals surface area (Å²) in [5, 5.41) is 2.75. The first-order valence-electron chi connectivity index (χ1n) is 8.22. The van der Waals surface area contributed by atoms with E-state index in [0.29, 0.717) is 23.3 Å². The van der Waals surface area contributed by atoms with Crippen molar-refractivity contribution in [2.45, 2.75) is 13.0 Å². The molecular weight excluding hydrogens is 350 g/mol. The van der Waals surface area contributed by atoms with Crippen LogP contribution in [0.1, 0.15) is 39.2 Å². The van der Waals surface area contributed by atoms with E-state index in [2.05, 4.69) is 5.32 Å². The Kier molecular flexibility index (Phi) is 6.93. The van der Waals surface area contributed by atoms with E-state index in [1.807, 2.05) is 0 Å². The van der Waals surface area contributed by atoms with Crippen molar-refractivity contribution >= 4 is 18.2 Å². The van der Waals surface area contributed by atoms with Crippen molar-refractivity contribution < 1.29 is 28.6 Å². The second-order valence-corrected chi connectivity index (χ2v) is 5.71. The Labute approximate surface area is 157 Å². The molecule has 0 unspecified atom stereocenters. The van der Waals surface area contributed by atoms with Gasteiger partial charge < -0.3 is 19.5 Å². The summed E-state index contributed by atoms with van der Waals surface area (Å²) in [4.78, 5) is 34.7. The molecule has 1 N–H and O–H groups in total. The lowest BCUT2D eigenvalue weighted by Crippen LogP contribution is -2.31. The molecule has 0 spiro atoms. The highest BCUT2D eigenvalue weighted by Gasteiger charge is 2.17. The second kappa shape index (κ2) is 9.38. The van der Waals surface area contributed by atoms with Crippen molar-refractivity contribution in [3.05, 3.63) is 59.2 Å². The van der Waals surface area contributed by atoms with E-state index in [1.54, 1.807) is 32.2 Å². The fourth-order valence-electron chi connectivity index (χ4n) is 2.45. The minimum absolute atomic E-state index is 0.260. The molecule has 0 saturated heterocycles. The normalized spacial score (nSPS) is 11.2. The summed E-state index contributed by atoms with van der Waals surface area (Å²) in [6.45, 7) is 1.36. The van der Waals surface area contributed by atoms with Crippen LogP contribution in [0.3, 0.4) is 0 Å². The van der Waals surface area contributed by atoms with Crippen LogP contribution in [-0.4, -0.2) is 39.0 Å². The number of rotatable bonds is 8. The van der Waals surface area contributed by atoms with Crippen molar-refractivity contribution in [2.75, 3.05) is 20.8 Å². The number of hydrogen-bond donors (Lipinski definition) is 1. The van der Waals surface area contributed by atoms with Gasteiger partial charge in [0.05, 0.1) is 25.8 Å². The smallest absolute Gasteiger partial charge is 0.338 e. The first kappa shape index (κ1) is 20.0. The van der Waals surface area contributed by atoms with Gasteiger partial charge in [0.25, 0.3) is 5.91 Å². The number of benzene rings is 2. The van der Waals surface area contributed by atoms with Crippen molar-refractivity contribution in [3.63, 3.8) is 0 Å². The quantitative estimate of drug-likeness (QED) is 0.566. The van der Waals surface area contributed by atoms with Crippen molar-refractivity contribution in [1.29, 1.82) is 0 Å². The zero-order valence-electron chi connectivity index (χ0n) is 15.4. The van der Waals surface area contributed by atoms with E-state index < -0.39 is 18.5 Å². The van der Waals surface area contributed by atoms with Gasteiger partial charge in [-0.25, -0.2) is 4.79 Å². The van der Waals surface area contributed by atoms with E-state index in [-0.39, 0.29) is 11.6 Å². The van der Waals surface area contributed by atoms with Crippen LogP contribution in [0.25, 0.3) is 0 Å². The summed E-state index contributed by atoms with van der Waals surface area (Å²) < 4.78 is 15.5. The molecule has 0 aliphatic heterocycles. The number of amides is 1. The molecule has 2 aromatic carbocycles. The fraction of sp³-hybridized carbons (Fsp3) is 0.250. The molecule has 2 rings (SSSR count). The van der Waals surface area contributed by atoms with Crippen molar-refractivity contribution in [1.82, 2.24) is 5.32 Å². The number of hydrogen-bond acceptors (Lipinski definition) is 6. The molecule has 0 radical (unpaired) electrons. The minimum Gasteiger partial charge on any atom is -0.497 e. The van der Waals surface area contributed by atoms with E-state index in [1.165, 1.54) is 31.4 Å². The molecular formula is C20H21NO6. The Bertz CT molecular complexity index is 816. The van der Waals surface area contributed by atoms with Crippen LogP contribution in [0, 0.1) is 0 Å². The van der Waals surface area contributed by atoms with Crippen LogP contribution in [-0.2, 0) is 9.53 Å². The maximum atomic E-state index is 12.1. The van der Waals surface area contributed by atoms with Crippen LogP contribution >= 0.6 is 0 Å². The minimum atomic E-state index is -0.644. The van der Waals surface area contributed by atoms with Crippen molar-refractivity contribution in [2.24, 2.45) is 0 Å². The summed E-state index contributed by atoms with van der Waals surface area (Å²) in [6.07, 6.45) is 0.677. The second-order valence-electron chi connectivity index (χ2n) is 5.71. The molecule has 142 valence electrons. The topological polar surface area (TPSA) is 90.9 Å². The van der Waals surface area contributed by atoms with Gasteiger partial charge in [0.15, 0.2) is 6.61 Å². The average Bonchev–Trinajstić information content (AvgIpc) is 2.71. The van der Waals surface area contributed by atoms with E-state index in [4.69, 9.17) is 14.2 Å². The average molecular weight is 371 g/mol. The van der Waals surface area contributed by atoms with E-state index >= 15 is 0 Å². The number of carbonyl (C=O) groups excluding carboxylic acids is 3. The molecule has 27 heavy (non-hydrogen) atoms. The third-order valence-electron chi connectivity index (χ3n) is 3.90. The zero-order chi connectivity index (χ0) is 19.8. The SMILES string of the molecule is COc1ccc(OC)c([C@@H](C)NC(=O)COC(=O)c2ccc(C=O)cc2)c1. The van der Waals surface area contributed by atoms with Gasteiger partial charge in [0, 0.05) is 11.1 Å². The third kappa shape index (κ3) is 5.31. The Morgan fingerprint density at radius 1 is 1.07 bits per heavy atom. The van der Waals surface area contributed by atoms with Gasteiger partial charge in [0.1, 0.15) is 17.8 Å². The lowest BCUT2D eigenvalue weighted by atomic mass is 10.1. The maximum absolute atomic E-state index is 12.1. The predicted octanol–water partition coefficient (Wildman–Crippen LogP) is 2.55. The van der Waals surface area contributed by atoms with Gasteiger partial charge in [-0.05, 0) is 37.3 Å². The molecule has 7 heteroatoms. The van der Waals surface area contributed by atoms with E-state index in [9.17, 15) is 14.4 Å². The molecule has 0 aliphatic rings. The summed E-state index contributed by atoms with van der Waals surface area (Å²) in [5.41, 5.74) is 1.45. The van der Waals surface area contributed by atoms with Gasteiger partial charge in [0.2, 0.25) is 0 Å². The highest BCUT2D eigenvalue weighted by Crippen LogP contribution is 2.29. The Balaban J connectivity index is 1.94. The Morgan fingerprint density at radius 2 is 1.78 bits per heavy atom. The van der Waals surface area contributed by atoms with Crippen LogP contribution in [0.15, 0.2) is 42.5 Å². The van der Waals surface area contributed by atoms with Gasteiger partial charge in [-0.2, -0.15) is 0 Å². The molecule has 0 bridgehead atoms. The van der Waals surface area contributed by atoms with Crippen LogP contribution < -0.4 is 14.8 Å². The molecule has 0 saturated carbocycles. The maximum Gasteiger partial charge on any atom is 0.338 e. The van der Waals surface area contributed by atoms with Gasteiger partial charge in [-0.3, -0.25) is 9.59 Å². The molecule has 2 aromatic rings. The third-order valence-corrected chi connectivity index (χ3v) is 3.90. The standard InChI is InChI=1S/C20H21NO6/c1-13(17-10-16(25-2)8-9-18(17)26-3)21-19(23)12-27-20(24)15-6-4-14(11-22)5-7-15/h4-11,13H,12H2,1-3H3,(H,21,23)/t13-/m1/s1. The first-order chi connectivity index (χ1) is 13.0. The summed E-state index contributed by atoms with van der Waals surface area (Å²) in [5.74, 6) is 0.146. The number of ether oxygens (including phenoxy) is 3. The lowest BCUT2D eigenvalue weighted by molar-refractivity contribution is -0.124. The number of esters is 1. The number of methoxy groups -OCH3 is 2. The Morgan fingerprint density at radius 3 is 2.37 bits per heavy atom. The van der Waals surface area contributed by atoms with Crippen LogP contribution in [0.4, 0.5) is 0 Å². The Hall–Kier alpha value is -3.35. The van der Waals surface area contributed by atoms with Gasteiger partial charge in [-0.15, -0.1) is 0 Å². The predicted molar refractivity (Wildman–Crippen MR) is 98.2 cm³/mol. The molecule has 1 amide bonds. The van der Waals surface area contributed by atoms with Crippen LogP contribution in [0.5, 0.6) is 11.5 Å². The highest BCUT2D eigenvalue weighted by molar-refractivity contribution is 5.92. The monoisotopic (exact) mass is 371 g/mol. The van der Waals surface area contributed by atoms with Gasteiger partial charge in [-0.1, -0.05) is 12.1 Å². The van der Waals surface area contributed by atoms with Crippen molar-refractivity contribution in [3.8, 4) is 11.5 Å². The zero-order valence-corrected chi connectivity index (χ0v) is 15.4. The molecule has 0 aromatic heterocycles. The molecule has 1 atom stereocenters. The largest absolute Gasteiger partial charge is 0.497 e. The lowest BCUT2D eigenvalue weighted by Gasteiger charge is -2.18. The number of nitrogens with one attached hydrogen (secondary N) is 1. The highest BCUT2D eigenvalue weighted by atomic mass is 16.5. The molecule has 7 nitrogen and oxygen atoms in total. The first-order valence-corrected chi connectivity index (χ1v) is 8.22. The molecule has 0 fully saturated rings. The molecule has 0 heterocycles. The number of carbonyl (C=O) groups is 3. The summed E-state index contributed by atoms with van der Waals surface area (Å²) in [6, 6.07) is 10.8. The van der Waals surface area contributed by atoms with Crippen LogP contribution in [0.2, 0.25) is 0 Å². The summed E-state index contributed by atoms with van der Waals surface area (Å²) in [7, 11) is 3.09. The van der Waals surface area contributed by atoms with E-state index in [0.717, 1.165) is 5.56 Å². The number of aldehydes is 1. The molecule has 0 aliphatic carbocycles. The summed E-state index contributed by atoms with van der Waals surface area (Å²) >= 11 is 0.